The number of benzene rings is 1. The molecule has 0 saturated carbocycles. The zero-order valence-electron chi connectivity index (χ0n) is 17.4. The van der Waals surface area contributed by atoms with Gasteiger partial charge in [-0.15, -0.1) is 35.3 Å². The van der Waals surface area contributed by atoms with Crippen molar-refractivity contribution in [3.8, 4) is 5.75 Å². The molecule has 1 aromatic heterocycles. The minimum Gasteiger partial charge on any atom is -0.492 e. The number of nitrogens with one attached hydrogen (secondary N) is 2. The second-order valence-electron chi connectivity index (χ2n) is 6.22. The lowest BCUT2D eigenvalue weighted by atomic mass is 10.2. The third-order valence-electron chi connectivity index (χ3n) is 3.87. The third kappa shape index (κ3) is 7.81. The summed E-state index contributed by atoms with van der Waals surface area (Å²) in [6.07, 6.45) is 0. The van der Waals surface area contributed by atoms with Gasteiger partial charge in [0.2, 0.25) is 0 Å². The Balaban J connectivity index is 0.00000420. The molecule has 0 saturated heterocycles. The Morgan fingerprint density at radius 1 is 1.34 bits per heavy atom. The van der Waals surface area contributed by atoms with Crippen LogP contribution in [0.3, 0.4) is 0 Å². The maximum absolute atomic E-state index is 12.0. The second-order valence-corrected chi connectivity index (χ2v) is 7.25. The molecule has 1 heterocycles. The molecule has 0 spiro atoms. The minimum atomic E-state index is -0.327. The average molecular weight is 532 g/mol. The van der Waals surface area contributed by atoms with E-state index < -0.39 is 0 Å². The quantitative estimate of drug-likeness (QED) is 0.177. The number of ether oxygens (including phenoxy) is 2. The van der Waals surface area contributed by atoms with E-state index >= 15 is 0 Å². The highest BCUT2D eigenvalue weighted by Crippen LogP contribution is 2.24. The van der Waals surface area contributed by atoms with Gasteiger partial charge in [-0.2, -0.15) is 0 Å². The van der Waals surface area contributed by atoms with Gasteiger partial charge in [-0.25, -0.2) is 9.78 Å². The largest absolute Gasteiger partial charge is 0.492 e. The average Bonchev–Trinajstić information content (AvgIpc) is 3.06. The van der Waals surface area contributed by atoms with E-state index in [0.29, 0.717) is 36.3 Å². The van der Waals surface area contributed by atoms with Crippen LogP contribution in [-0.4, -0.2) is 43.7 Å². The number of nitrogens with zero attached hydrogens (tertiary/aromatic N) is 2. The number of carbonyl (C=O) groups excluding carboxylic acids is 1. The number of esters is 1. The summed E-state index contributed by atoms with van der Waals surface area (Å²) < 4.78 is 10.8. The Kier molecular flexibility index (Phi) is 11.0. The molecule has 0 aliphatic heterocycles. The van der Waals surface area contributed by atoms with Gasteiger partial charge >= 0.3 is 5.97 Å². The zero-order valence-corrected chi connectivity index (χ0v) is 20.6. The van der Waals surface area contributed by atoms with Crippen molar-refractivity contribution in [2.24, 2.45) is 4.99 Å². The van der Waals surface area contributed by atoms with E-state index in [1.807, 2.05) is 45.0 Å². The molecule has 0 radical (unpaired) electrons. The van der Waals surface area contributed by atoms with Gasteiger partial charge in [-0.1, -0.05) is 12.1 Å². The van der Waals surface area contributed by atoms with Crippen LogP contribution in [-0.2, 0) is 4.74 Å². The summed E-state index contributed by atoms with van der Waals surface area (Å²) in [6.45, 7) is 9.08. The van der Waals surface area contributed by atoms with Gasteiger partial charge in [0.25, 0.3) is 0 Å². The summed E-state index contributed by atoms with van der Waals surface area (Å²) in [5, 5.41) is 7.30. The predicted molar refractivity (Wildman–Crippen MR) is 128 cm³/mol. The molecule has 0 aliphatic rings. The van der Waals surface area contributed by atoms with Crippen LogP contribution in [0.1, 0.15) is 45.8 Å². The van der Waals surface area contributed by atoms with Crippen LogP contribution in [0.2, 0.25) is 0 Å². The maximum Gasteiger partial charge on any atom is 0.350 e. The first-order chi connectivity index (χ1) is 13.4. The number of aliphatic imine (C=N–C) groups is 1. The fourth-order valence-corrected chi connectivity index (χ4v) is 3.46. The number of hydrogen-bond donors (Lipinski definition) is 2. The molecule has 0 aliphatic carbocycles. The number of hydrogen-bond acceptors (Lipinski definition) is 6. The summed E-state index contributed by atoms with van der Waals surface area (Å²) >= 11 is 1.34. The van der Waals surface area contributed by atoms with Gasteiger partial charge in [-0.05, 0) is 45.4 Å². The van der Waals surface area contributed by atoms with Gasteiger partial charge in [0.05, 0.1) is 24.9 Å². The number of carbonyl (C=O) groups is 1. The van der Waals surface area contributed by atoms with Crippen LogP contribution in [0.15, 0.2) is 29.3 Å². The first kappa shape index (κ1) is 25.2. The van der Waals surface area contributed by atoms with E-state index in [2.05, 4.69) is 20.6 Å². The number of aromatic nitrogens is 1. The van der Waals surface area contributed by atoms with E-state index in [9.17, 15) is 4.79 Å². The number of aryl methyl sites for hydroxylation is 2. The highest BCUT2D eigenvalue weighted by molar-refractivity contribution is 14.0. The van der Waals surface area contributed by atoms with E-state index in [1.54, 1.807) is 14.0 Å². The minimum absolute atomic E-state index is 0. The normalized spacial score (nSPS) is 12.0. The Bertz CT molecular complexity index is 826. The Morgan fingerprint density at radius 3 is 2.76 bits per heavy atom. The molecule has 160 valence electrons. The van der Waals surface area contributed by atoms with Crippen LogP contribution in [0.5, 0.6) is 5.75 Å². The SMILES string of the molecule is CCOC(=O)c1sc(C(C)NC(=NC)NCCOc2cccc(C)c2)nc1C.I. The van der Waals surface area contributed by atoms with Crippen LogP contribution >= 0.6 is 35.3 Å². The number of halogens is 1. The molecule has 2 rings (SSSR count). The Labute approximate surface area is 193 Å². The molecule has 9 heteroatoms. The molecule has 7 nitrogen and oxygen atoms in total. The van der Waals surface area contributed by atoms with Crippen LogP contribution < -0.4 is 15.4 Å². The summed E-state index contributed by atoms with van der Waals surface area (Å²) in [5.41, 5.74) is 1.85. The van der Waals surface area contributed by atoms with Crippen molar-refractivity contribution in [2.75, 3.05) is 26.8 Å². The summed E-state index contributed by atoms with van der Waals surface area (Å²) in [4.78, 5) is 21.2. The van der Waals surface area contributed by atoms with Crippen molar-refractivity contribution in [1.82, 2.24) is 15.6 Å². The molecule has 1 unspecified atom stereocenters. The molecular formula is C20H29IN4O3S. The molecule has 1 aromatic carbocycles. The monoisotopic (exact) mass is 532 g/mol. The number of rotatable bonds is 8. The van der Waals surface area contributed by atoms with Gasteiger partial charge < -0.3 is 20.1 Å². The van der Waals surface area contributed by atoms with Crippen molar-refractivity contribution in [2.45, 2.75) is 33.7 Å². The lowest BCUT2D eigenvalue weighted by Gasteiger charge is -2.16. The molecule has 0 fully saturated rings. The lowest BCUT2D eigenvalue weighted by molar-refractivity contribution is 0.0531. The Hall–Kier alpha value is -1.88. The van der Waals surface area contributed by atoms with Crippen molar-refractivity contribution >= 4 is 47.2 Å². The van der Waals surface area contributed by atoms with E-state index in [-0.39, 0.29) is 36.0 Å². The topological polar surface area (TPSA) is 84.8 Å². The highest BCUT2D eigenvalue weighted by atomic mass is 127. The highest BCUT2D eigenvalue weighted by Gasteiger charge is 2.20. The lowest BCUT2D eigenvalue weighted by Crippen LogP contribution is -2.40. The molecular weight excluding hydrogens is 503 g/mol. The van der Waals surface area contributed by atoms with Gasteiger partial charge in [-0.3, -0.25) is 4.99 Å². The molecule has 0 bridgehead atoms. The Morgan fingerprint density at radius 2 is 2.10 bits per heavy atom. The molecule has 0 amide bonds. The maximum atomic E-state index is 12.0. The second kappa shape index (κ2) is 12.6. The van der Waals surface area contributed by atoms with E-state index in [4.69, 9.17) is 9.47 Å². The molecule has 2 aromatic rings. The number of guanidine groups is 1. The fourth-order valence-electron chi connectivity index (χ4n) is 2.49. The van der Waals surface area contributed by atoms with Crippen molar-refractivity contribution in [3.05, 3.63) is 45.4 Å². The summed E-state index contributed by atoms with van der Waals surface area (Å²) in [7, 11) is 1.71. The van der Waals surface area contributed by atoms with Crippen LogP contribution in [0.25, 0.3) is 0 Å². The molecule has 2 N–H and O–H groups in total. The van der Waals surface area contributed by atoms with Crippen molar-refractivity contribution in [1.29, 1.82) is 0 Å². The van der Waals surface area contributed by atoms with Gasteiger partial charge in [0.1, 0.15) is 22.2 Å². The van der Waals surface area contributed by atoms with Crippen LogP contribution in [0, 0.1) is 13.8 Å². The van der Waals surface area contributed by atoms with Gasteiger partial charge in [0, 0.05) is 7.05 Å². The van der Waals surface area contributed by atoms with E-state index in [0.717, 1.165) is 16.3 Å². The molecule has 29 heavy (non-hydrogen) atoms. The van der Waals surface area contributed by atoms with Crippen molar-refractivity contribution < 1.29 is 14.3 Å². The smallest absolute Gasteiger partial charge is 0.350 e. The van der Waals surface area contributed by atoms with E-state index in [1.165, 1.54) is 11.3 Å². The van der Waals surface area contributed by atoms with Crippen molar-refractivity contribution in [3.63, 3.8) is 0 Å². The zero-order chi connectivity index (χ0) is 20.5. The first-order valence-electron chi connectivity index (χ1n) is 9.25. The van der Waals surface area contributed by atoms with Crippen LogP contribution in [0.4, 0.5) is 0 Å². The predicted octanol–water partition coefficient (Wildman–Crippen LogP) is 3.86. The standard InChI is InChI=1S/C20H28N4O3S.HI/c1-6-26-19(25)17-14(3)23-18(28-17)15(4)24-20(21-5)22-10-11-27-16-9-7-8-13(2)12-16;/h7-9,12,15H,6,10-11H2,1-5H3,(H2,21,22,24);1H. The fraction of sp³-hybridized carbons (Fsp3) is 0.450. The molecule has 1 atom stereocenters. The number of thiazole rings is 1. The summed E-state index contributed by atoms with van der Waals surface area (Å²) in [5.74, 6) is 1.17. The third-order valence-corrected chi connectivity index (χ3v) is 5.19. The first-order valence-corrected chi connectivity index (χ1v) is 10.1. The van der Waals surface area contributed by atoms with Gasteiger partial charge in [0.15, 0.2) is 5.96 Å². The summed E-state index contributed by atoms with van der Waals surface area (Å²) in [6, 6.07) is 7.85.